The molecule has 0 N–H and O–H groups in total. The molecule has 0 bridgehead atoms. The van der Waals surface area contributed by atoms with Crippen LogP contribution in [0.3, 0.4) is 0 Å². The van der Waals surface area contributed by atoms with E-state index in [1.807, 2.05) is 12.7 Å². The van der Waals surface area contributed by atoms with Gasteiger partial charge in [-0.25, -0.2) is 0 Å². The maximum Gasteiger partial charge on any atom is 0.119 e. The van der Waals surface area contributed by atoms with E-state index in [9.17, 15) is 0 Å². The van der Waals surface area contributed by atoms with Crippen LogP contribution in [0.15, 0.2) is 105 Å². The fraction of sp³-hybridized carbons (Fsp3) is 0.667. The number of ether oxygens (including phenoxy) is 5. The molecule has 0 spiro atoms. The zero-order chi connectivity index (χ0) is 52.7. The lowest BCUT2D eigenvalue weighted by Crippen LogP contribution is -2.41. The Morgan fingerprint density at radius 3 is 1.43 bits per heavy atom. The standard InChI is InChI=1S/C19H28O.C19H26O.2C11H16O.C11H14O.CH4/c2*1-19-10-3-4-18(19)17-7-5-13-12-14(20-2)6-8-15(13)16(17)9-11-19;3*1-12-11-7-6-9-4-2-3-5-10(9)8-11;/h6,16-18H,3-5,7-12H2,1-2H3;6,8,12,16-18H,3-5,7,9-11H2,1-2H3;2*7H,2-6,8H2,1H3;6-8H,2-5H2,1H3;1H4/t2*16?,17?,18?,19-;;;;/m00..../s1. The van der Waals surface area contributed by atoms with Gasteiger partial charge in [-0.15, -0.1) is 0 Å². The summed E-state index contributed by atoms with van der Waals surface area (Å²) in [6.45, 7) is 5.17. The Hall–Kier alpha value is -4.12. The number of allylic oxidation sites excluding steroid dienone is 9. The summed E-state index contributed by atoms with van der Waals surface area (Å²) in [6, 6.07) is 13.3. The van der Waals surface area contributed by atoms with Crippen LogP contribution in [0, 0.1) is 40.4 Å². The first-order chi connectivity index (χ1) is 37.1. The van der Waals surface area contributed by atoms with Crippen molar-refractivity contribution in [2.24, 2.45) is 40.4 Å². The molecule has 12 aliphatic carbocycles. The Morgan fingerprint density at radius 2 is 0.857 bits per heavy atom. The highest BCUT2D eigenvalue weighted by Crippen LogP contribution is 2.62. The summed E-state index contributed by atoms with van der Waals surface area (Å²) in [5.41, 5.74) is 17.9. The average Bonchev–Trinajstić information content (AvgIpc) is 4.10. The van der Waals surface area contributed by atoms with Crippen molar-refractivity contribution < 1.29 is 23.7 Å². The Labute approximate surface area is 469 Å². The van der Waals surface area contributed by atoms with Crippen molar-refractivity contribution in [3.8, 4) is 11.5 Å². The molecule has 422 valence electrons. The van der Waals surface area contributed by atoms with E-state index in [4.69, 9.17) is 23.7 Å². The minimum Gasteiger partial charge on any atom is -0.501 e. The molecule has 14 rings (SSSR count). The van der Waals surface area contributed by atoms with E-state index in [1.54, 1.807) is 67.4 Å². The van der Waals surface area contributed by atoms with Crippen molar-refractivity contribution in [2.75, 3.05) is 35.5 Å². The van der Waals surface area contributed by atoms with E-state index in [-0.39, 0.29) is 7.43 Å². The molecule has 12 aliphatic rings. The maximum absolute atomic E-state index is 5.49. The van der Waals surface area contributed by atoms with E-state index in [0.717, 1.165) is 79.1 Å². The first-order valence-electron chi connectivity index (χ1n) is 31.2. The number of hydrogen-bond donors (Lipinski definition) is 0. The van der Waals surface area contributed by atoms with E-state index in [1.165, 1.54) is 202 Å². The number of benzene rings is 2. The molecular formula is C72H104O5. The number of hydrogen-bond acceptors (Lipinski definition) is 5. The molecule has 2 aromatic rings. The minimum atomic E-state index is 0. The maximum atomic E-state index is 5.49. The van der Waals surface area contributed by atoms with Gasteiger partial charge >= 0.3 is 0 Å². The second-order valence-electron chi connectivity index (χ2n) is 26.1. The molecule has 0 saturated heterocycles. The second kappa shape index (κ2) is 26.4. The first-order valence-corrected chi connectivity index (χ1v) is 31.2. The Morgan fingerprint density at radius 1 is 0.390 bits per heavy atom. The van der Waals surface area contributed by atoms with Crippen LogP contribution in [0.25, 0.3) is 0 Å². The number of fused-ring (bicyclic) bond motifs is 10. The molecule has 0 heterocycles. The first kappa shape index (κ1) is 57.6. The lowest BCUT2D eigenvalue weighted by molar-refractivity contribution is 0.0422. The molecule has 4 fully saturated rings. The second-order valence-corrected chi connectivity index (χ2v) is 26.1. The van der Waals surface area contributed by atoms with E-state index in [0.29, 0.717) is 10.8 Å². The van der Waals surface area contributed by atoms with Crippen molar-refractivity contribution in [3.05, 3.63) is 128 Å². The number of aryl methyl sites for hydroxylation is 3. The van der Waals surface area contributed by atoms with Gasteiger partial charge in [0.25, 0.3) is 0 Å². The Balaban J connectivity index is 0.000000120. The van der Waals surface area contributed by atoms with Crippen molar-refractivity contribution in [3.63, 3.8) is 0 Å². The van der Waals surface area contributed by atoms with Crippen molar-refractivity contribution in [1.29, 1.82) is 0 Å². The molecule has 0 radical (unpaired) electrons. The zero-order valence-electron chi connectivity index (χ0n) is 48.8. The monoisotopic (exact) mass is 1050 g/mol. The van der Waals surface area contributed by atoms with E-state index < -0.39 is 0 Å². The Kier molecular flexibility index (Phi) is 19.8. The fourth-order valence-corrected chi connectivity index (χ4v) is 17.9. The summed E-state index contributed by atoms with van der Waals surface area (Å²) in [7, 11) is 8.89. The molecule has 0 amide bonds. The van der Waals surface area contributed by atoms with E-state index >= 15 is 0 Å². The van der Waals surface area contributed by atoms with E-state index in [2.05, 4.69) is 68.5 Å². The van der Waals surface area contributed by atoms with Crippen LogP contribution in [0.2, 0.25) is 0 Å². The smallest absolute Gasteiger partial charge is 0.119 e. The molecule has 77 heavy (non-hydrogen) atoms. The highest BCUT2D eigenvalue weighted by molar-refractivity contribution is 5.41. The topological polar surface area (TPSA) is 46.2 Å². The van der Waals surface area contributed by atoms with Crippen LogP contribution >= 0.6 is 0 Å². The summed E-state index contributed by atoms with van der Waals surface area (Å²) < 4.78 is 26.6. The van der Waals surface area contributed by atoms with Gasteiger partial charge in [0.15, 0.2) is 0 Å². The summed E-state index contributed by atoms with van der Waals surface area (Å²) in [5, 5.41) is 0. The average molecular weight is 1050 g/mol. The molecule has 0 aromatic heterocycles. The molecular weight excluding hydrogens is 945 g/mol. The highest BCUT2D eigenvalue weighted by Gasteiger charge is 2.52. The Bertz CT molecular complexity index is 2480. The molecule has 6 unspecified atom stereocenters. The van der Waals surface area contributed by atoms with Gasteiger partial charge in [-0.2, -0.15) is 0 Å². The SMILES string of the molecule is C.COC1=CCC2=C(CCC3C2CC[C@]2(C)CCCC32)C1.COC1=CCC2=C(CCCC2)C1.COC1=CCC2=C(CCCC2)C1.COc1ccc2c(c1)CCC1C2CC[C@]2(C)CCCC12.COc1ccc2c(c1)CCCC2. The van der Waals surface area contributed by atoms with Crippen molar-refractivity contribution >= 4 is 0 Å². The third kappa shape index (κ3) is 13.1. The minimum absolute atomic E-state index is 0. The van der Waals surface area contributed by atoms with Crippen LogP contribution in [-0.2, 0) is 33.5 Å². The summed E-state index contributed by atoms with van der Waals surface area (Å²) in [5.74, 6) is 11.3. The van der Waals surface area contributed by atoms with Crippen LogP contribution in [0.4, 0.5) is 0 Å². The lowest BCUT2D eigenvalue weighted by atomic mass is 9.55. The third-order valence-corrected chi connectivity index (χ3v) is 22.2. The lowest BCUT2D eigenvalue weighted by Gasteiger charge is -2.50. The summed E-state index contributed by atoms with van der Waals surface area (Å²) in [6.07, 6.45) is 49.9. The van der Waals surface area contributed by atoms with Crippen LogP contribution in [0.5, 0.6) is 11.5 Å². The normalized spacial score (nSPS) is 31.0. The van der Waals surface area contributed by atoms with Gasteiger partial charge in [-0.05, 0) is 284 Å². The van der Waals surface area contributed by atoms with Crippen molar-refractivity contribution in [2.45, 2.75) is 233 Å². The molecule has 5 heteroatoms. The quantitative estimate of drug-likeness (QED) is 0.279. The van der Waals surface area contributed by atoms with Gasteiger partial charge in [-0.1, -0.05) is 79.7 Å². The molecule has 0 aliphatic heterocycles. The molecule has 4 saturated carbocycles. The van der Waals surface area contributed by atoms with Gasteiger partial charge in [0.2, 0.25) is 0 Å². The van der Waals surface area contributed by atoms with Crippen LogP contribution in [-0.4, -0.2) is 35.5 Å². The molecule has 8 atom stereocenters. The van der Waals surface area contributed by atoms with Gasteiger partial charge in [0.1, 0.15) is 11.5 Å². The van der Waals surface area contributed by atoms with Crippen LogP contribution in [0.1, 0.15) is 236 Å². The third-order valence-electron chi connectivity index (χ3n) is 22.2. The number of rotatable bonds is 5. The predicted molar refractivity (Wildman–Crippen MR) is 320 cm³/mol. The highest BCUT2D eigenvalue weighted by atomic mass is 16.5. The molecule has 5 nitrogen and oxygen atoms in total. The largest absolute Gasteiger partial charge is 0.501 e. The fourth-order valence-electron chi connectivity index (χ4n) is 17.9. The van der Waals surface area contributed by atoms with Gasteiger partial charge in [0.05, 0.1) is 52.8 Å². The zero-order valence-corrected chi connectivity index (χ0v) is 48.8. The van der Waals surface area contributed by atoms with Gasteiger partial charge < -0.3 is 23.7 Å². The predicted octanol–water partition coefficient (Wildman–Crippen LogP) is 19.7. The van der Waals surface area contributed by atoms with Gasteiger partial charge in [-0.3, -0.25) is 0 Å². The van der Waals surface area contributed by atoms with Gasteiger partial charge in [0, 0.05) is 19.3 Å². The molecule has 2 aromatic carbocycles. The van der Waals surface area contributed by atoms with Crippen LogP contribution < -0.4 is 9.47 Å². The summed E-state index contributed by atoms with van der Waals surface area (Å²) in [4.78, 5) is 0. The van der Waals surface area contributed by atoms with Crippen molar-refractivity contribution in [1.82, 2.24) is 0 Å². The summed E-state index contributed by atoms with van der Waals surface area (Å²) >= 11 is 0. The number of methoxy groups -OCH3 is 5.